The molecule has 0 amide bonds. The molecule has 4 nitrogen and oxygen atoms in total. The van der Waals surface area contributed by atoms with Crippen LogP contribution >= 0.6 is 0 Å². The lowest BCUT2D eigenvalue weighted by atomic mass is 9.99. The minimum absolute atomic E-state index is 0.837. The number of fused-ring (bicyclic) bond motifs is 13. The molecule has 0 saturated heterocycles. The van der Waals surface area contributed by atoms with Gasteiger partial charge in [-0.05, 0) is 41.1 Å². The summed E-state index contributed by atoms with van der Waals surface area (Å²) in [5, 5.41) is 9.24. The van der Waals surface area contributed by atoms with Crippen molar-refractivity contribution in [1.82, 2.24) is 9.55 Å². The molecule has 4 heterocycles. The molecular formula is C39H22N2O2. The van der Waals surface area contributed by atoms with Gasteiger partial charge in [0.25, 0.3) is 0 Å². The van der Waals surface area contributed by atoms with Crippen LogP contribution in [0.3, 0.4) is 0 Å². The first-order valence-electron chi connectivity index (χ1n) is 14.5. The van der Waals surface area contributed by atoms with Gasteiger partial charge in [-0.25, -0.2) is 4.98 Å². The summed E-state index contributed by atoms with van der Waals surface area (Å²) in [5.74, 6) is 0.837. The lowest BCUT2D eigenvalue weighted by molar-refractivity contribution is 0.670. The van der Waals surface area contributed by atoms with Gasteiger partial charge in [0.05, 0.1) is 11.0 Å². The summed E-state index contributed by atoms with van der Waals surface area (Å²) in [6.07, 6.45) is 1.95. The molecule has 0 aliphatic rings. The van der Waals surface area contributed by atoms with Crippen LogP contribution in [0.1, 0.15) is 0 Å². The summed E-state index contributed by atoms with van der Waals surface area (Å²) in [5.41, 5.74) is 7.70. The molecule has 0 atom stereocenters. The Bertz CT molecular complexity index is 2720. The zero-order valence-electron chi connectivity index (χ0n) is 22.9. The molecule has 200 valence electrons. The van der Waals surface area contributed by atoms with Crippen LogP contribution in [-0.2, 0) is 0 Å². The fourth-order valence-corrected chi connectivity index (χ4v) is 7.02. The fraction of sp³-hybridized carbons (Fsp3) is 0. The third kappa shape index (κ3) is 3.02. The summed E-state index contributed by atoms with van der Waals surface area (Å²) in [6, 6.07) is 44.3. The lowest BCUT2D eigenvalue weighted by Crippen LogP contribution is -1.97. The third-order valence-electron chi connectivity index (χ3n) is 8.84. The van der Waals surface area contributed by atoms with Crippen LogP contribution in [0.25, 0.3) is 93.4 Å². The van der Waals surface area contributed by atoms with E-state index in [1.54, 1.807) is 0 Å². The highest BCUT2D eigenvalue weighted by molar-refractivity contribution is 6.35. The zero-order valence-corrected chi connectivity index (χ0v) is 22.9. The first-order chi connectivity index (χ1) is 21.3. The summed E-state index contributed by atoms with van der Waals surface area (Å²) < 4.78 is 15.3. The summed E-state index contributed by atoms with van der Waals surface area (Å²) in [7, 11) is 0. The molecule has 0 aliphatic carbocycles. The number of hydrogen-bond donors (Lipinski definition) is 0. The number of hydrogen-bond acceptors (Lipinski definition) is 3. The maximum atomic E-state index is 6.67. The fourth-order valence-electron chi connectivity index (χ4n) is 7.02. The van der Waals surface area contributed by atoms with Gasteiger partial charge in [-0.3, -0.25) is 4.57 Å². The van der Waals surface area contributed by atoms with Crippen molar-refractivity contribution < 1.29 is 8.83 Å². The molecule has 0 fully saturated rings. The predicted molar refractivity (Wildman–Crippen MR) is 176 cm³/mol. The SMILES string of the molecule is c1ccc2c(c1)oc1c(-c3ccc(-n4c5ccccc5c5c6ccccc6c6c7ccccc7oc6c54)nc3)cccc12. The van der Waals surface area contributed by atoms with E-state index in [0.29, 0.717) is 0 Å². The molecule has 4 heteroatoms. The van der Waals surface area contributed by atoms with Gasteiger partial charge in [-0.15, -0.1) is 0 Å². The minimum Gasteiger partial charge on any atom is -0.455 e. The largest absolute Gasteiger partial charge is 0.455 e. The highest BCUT2D eigenvalue weighted by Gasteiger charge is 2.23. The molecule has 0 N–H and O–H groups in total. The smallest absolute Gasteiger partial charge is 0.160 e. The molecule has 43 heavy (non-hydrogen) atoms. The van der Waals surface area contributed by atoms with Gasteiger partial charge in [-0.2, -0.15) is 0 Å². The topological polar surface area (TPSA) is 44.1 Å². The van der Waals surface area contributed by atoms with Gasteiger partial charge in [0.1, 0.15) is 22.6 Å². The Labute approximate surface area is 245 Å². The Hall–Kier alpha value is -5.87. The minimum atomic E-state index is 0.837. The Morgan fingerprint density at radius 3 is 1.88 bits per heavy atom. The molecule has 0 bridgehead atoms. The first-order valence-corrected chi connectivity index (χ1v) is 14.5. The number of benzene rings is 6. The molecule has 6 aromatic carbocycles. The van der Waals surface area contributed by atoms with Crippen LogP contribution in [0.4, 0.5) is 0 Å². The van der Waals surface area contributed by atoms with Crippen LogP contribution in [-0.4, -0.2) is 9.55 Å². The van der Waals surface area contributed by atoms with E-state index in [1.807, 2.05) is 30.5 Å². The lowest BCUT2D eigenvalue weighted by Gasteiger charge is -2.10. The van der Waals surface area contributed by atoms with E-state index >= 15 is 0 Å². The number of rotatable bonds is 2. The highest BCUT2D eigenvalue weighted by Crippen LogP contribution is 2.45. The van der Waals surface area contributed by atoms with Gasteiger partial charge in [-0.1, -0.05) is 97.1 Å². The maximum Gasteiger partial charge on any atom is 0.160 e. The van der Waals surface area contributed by atoms with E-state index in [1.165, 1.54) is 21.5 Å². The van der Waals surface area contributed by atoms with Crippen LogP contribution in [0.5, 0.6) is 0 Å². The molecule has 10 aromatic rings. The maximum absolute atomic E-state index is 6.67. The second-order valence-electron chi connectivity index (χ2n) is 11.1. The van der Waals surface area contributed by atoms with Crippen LogP contribution < -0.4 is 0 Å². The van der Waals surface area contributed by atoms with Crippen molar-refractivity contribution in [3.05, 3.63) is 134 Å². The van der Waals surface area contributed by atoms with Crippen molar-refractivity contribution in [2.24, 2.45) is 0 Å². The van der Waals surface area contributed by atoms with Gasteiger partial charge in [0, 0.05) is 49.6 Å². The van der Waals surface area contributed by atoms with E-state index in [9.17, 15) is 0 Å². The van der Waals surface area contributed by atoms with Crippen LogP contribution in [0, 0.1) is 0 Å². The van der Waals surface area contributed by atoms with Gasteiger partial charge < -0.3 is 8.83 Å². The van der Waals surface area contributed by atoms with Crippen molar-refractivity contribution in [1.29, 1.82) is 0 Å². The summed E-state index contributed by atoms with van der Waals surface area (Å²) >= 11 is 0. The van der Waals surface area contributed by atoms with Crippen molar-refractivity contribution >= 4 is 76.5 Å². The van der Waals surface area contributed by atoms with E-state index in [-0.39, 0.29) is 0 Å². The molecule has 4 aromatic heterocycles. The normalized spacial score (nSPS) is 12.2. The zero-order chi connectivity index (χ0) is 28.1. The van der Waals surface area contributed by atoms with Crippen molar-refractivity contribution in [2.45, 2.75) is 0 Å². The predicted octanol–water partition coefficient (Wildman–Crippen LogP) is 10.8. The van der Waals surface area contributed by atoms with E-state index in [0.717, 1.165) is 71.9 Å². The number of pyridine rings is 1. The van der Waals surface area contributed by atoms with Gasteiger partial charge in [0.15, 0.2) is 5.58 Å². The van der Waals surface area contributed by atoms with Gasteiger partial charge >= 0.3 is 0 Å². The van der Waals surface area contributed by atoms with Crippen LogP contribution in [0.2, 0.25) is 0 Å². The number of aromatic nitrogens is 2. The van der Waals surface area contributed by atoms with Crippen LogP contribution in [0.15, 0.2) is 142 Å². The van der Waals surface area contributed by atoms with Gasteiger partial charge in [0.2, 0.25) is 0 Å². The molecule has 0 saturated carbocycles. The Kier molecular flexibility index (Phi) is 4.42. The highest BCUT2D eigenvalue weighted by atomic mass is 16.3. The molecule has 0 aliphatic heterocycles. The average Bonchev–Trinajstić information content (AvgIpc) is 3.75. The average molecular weight is 551 g/mol. The van der Waals surface area contributed by atoms with Crippen molar-refractivity contribution in [3.63, 3.8) is 0 Å². The number of nitrogens with zero attached hydrogens (tertiary/aromatic N) is 2. The molecular weight excluding hydrogens is 528 g/mol. The molecule has 0 spiro atoms. The van der Waals surface area contributed by atoms with Crippen molar-refractivity contribution in [3.8, 4) is 16.9 Å². The Balaban J connectivity index is 1.28. The third-order valence-corrected chi connectivity index (χ3v) is 8.84. The molecule has 10 rings (SSSR count). The Morgan fingerprint density at radius 2 is 1.09 bits per heavy atom. The quantitative estimate of drug-likeness (QED) is 0.215. The summed E-state index contributed by atoms with van der Waals surface area (Å²) in [4.78, 5) is 5.08. The summed E-state index contributed by atoms with van der Waals surface area (Å²) in [6.45, 7) is 0. The Morgan fingerprint density at radius 1 is 0.465 bits per heavy atom. The van der Waals surface area contributed by atoms with E-state index < -0.39 is 0 Å². The second-order valence-corrected chi connectivity index (χ2v) is 11.1. The van der Waals surface area contributed by atoms with Crippen molar-refractivity contribution in [2.75, 3.05) is 0 Å². The first kappa shape index (κ1) is 22.8. The van der Waals surface area contributed by atoms with E-state index in [4.69, 9.17) is 13.8 Å². The molecule has 0 radical (unpaired) electrons. The monoisotopic (exact) mass is 550 g/mol. The number of para-hydroxylation sites is 4. The second kappa shape index (κ2) is 8.34. The standard InChI is InChI=1S/C39H22N2O2/c1-2-12-27-26(11-1)35-29-13-3-6-17-31(29)41(37(35)39-36(27)30-14-5-8-19-33(30)43-39)34-21-20-23(22-40-34)24-15-9-16-28-25-10-4-7-18-32(25)42-38(24)28/h1-22H. The number of furan rings is 2. The molecule has 0 unspecified atom stereocenters. The van der Waals surface area contributed by atoms with E-state index in [2.05, 4.69) is 108 Å².